The molecule has 1 atom stereocenters. The maximum absolute atomic E-state index is 12.0. The van der Waals surface area contributed by atoms with Crippen LogP contribution >= 0.6 is 23.1 Å². The first-order valence-electron chi connectivity index (χ1n) is 6.50. The van der Waals surface area contributed by atoms with Crippen LogP contribution in [0.4, 0.5) is 5.13 Å². The van der Waals surface area contributed by atoms with E-state index in [4.69, 9.17) is 0 Å². The summed E-state index contributed by atoms with van der Waals surface area (Å²) in [6.07, 6.45) is 0.444. The molecule has 106 valence electrons. The molecule has 0 spiro atoms. The molecule has 0 aliphatic rings. The minimum absolute atomic E-state index is 0.0226. The summed E-state index contributed by atoms with van der Waals surface area (Å²) in [6, 6.07) is 10.0. The van der Waals surface area contributed by atoms with Crippen molar-refractivity contribution in [1.82, 2.24) is 10.2 Å². The van der Waals surface area contributed by atoms with Crippen molar-refractivity contribution in [3.05, 3.63) is 35.9 Å². The number of thioether (sulfide) groups is 1. The van der Waals surface area contributed by atoms with E-state index in [1.807, 2.05) is 37.3 Å². The van der Waals surface area contributed by atoms with Gasteiger partial charge >= 0.3 is 0 Å². The highest BCUT2D eigenvalue weighted by atomic mass is 32.2. The minimum Gasteiger partial charge on any atom is -0.300 e. The quantitative estimate of drug-likeness (QED) is 0.652. The molecular formula is C14H17N3OS2. The number of benzene rings is 1. The molecule has 0 saturated heterocycles. The van der Waals surface area contributed by atoms with Crippen LogP contribution in [0, 0.1) is 0 Å². The number of carbonyl (C=O) groups is 1. The number of amides is 1. The lowest BCUT2D eigenvalue weighted by molar-refractivity contribution is -0.116. The van der Waals surface area contributed by atoms with Crippen LogP contribution in [0.25, 0.3) is 0 Å². The van der Waals surface area contributed by atoms with Gasteiger partial charge in [0.2, 0.25) is 11.0 Å². The Labute approximate surface area is 127 Å². The van der Waals surface area contributed by atoms with Gasteiger partial charge in [0.05, 0.1) is 0 Å². The Bertz CT molecular complexity index is 557. The van der Waals surface area contributed by atoms with Crippen molar-refractivity contribution in [3.8, 4) is 0 Å². The molecule has 2 aromatic rings. The van der Waals surface area contributed by atoms with Crippen molar-refractivity contribution >= 4 is 34.1 Å². The third kappa shape index (κ3) is 4.31. The van der Waals surface area contributed by atoms with Crippen molar-refractivity contribution in [3.63, 3.8) is 0 Å². The zero-order chi connectivity index (χ0) is 14.4. The number of carbonyl (C=O) groups excluding carboxylic acids is 1. The zero-order valence-electron chi connectivity index (χ0n) is 11.5. The maximum Gasteiger partial charge on any atom is 0.226 e. The smallest absolute Gasteiger partial charge is 0.226 e. The summed E-state index contributed by atoms with van der Waals surface area (Å²) >= 11 is 3.05. The monoisotopic (exact) mass is 307 g/mol. The SMILES string of the molecule is CCSc1nnc(NC(=O)C[C@H](C)c2ccccc2)s1. The molecule has 2 rings (SSSR count). The fourth-order valence-electron chi connectivity index (χ4n) is 1.79. The summed E-state index contributed by atoms with van der Waals surface area (Å²) in [4.78, 5) is 12.0. The molecule has 1 amide bonds. The van der Waals surface area contributed by atoms with Crippen LogP contribution < -0.4 is 5.32 Å². The second-order valence-corrected chi connectivity index (χ2v) is 6.86. The van der Waals surface area contributed by atoms with Crippen LogP contribution in [0.1, 0.15) is 31.7 Å². The molecule has 0 bridgehead atoms. The first kappa shape index (κ1) is 15.0. The number of hydrogen-bond donors (Lipinski definition) is 1. The van der Waals surface area contributed by atoms with Crippen LogP contribution in [-0.4, -0.2) is 21.9 Å². The minimum atomic E-state index is -0.0226. The topological polar surface area (TPSA) is 54.9 Å². The van der Waals surface area contributed by atoms with Crippen LogP contribution in [0.3, 0.4) is 0 Å². The van der Waals surface area contributed by atoms with Crippen LogP contribution in [-0.2, 0) is 4.79 Å². The highest BCUT2D eigenvalue weighted by molar-refractivity contribution is 8.01. The molecule has 1 aromatic heterocycles. The summed E-state index contributed by atoms with van der Waals surface area (Å²) in [5.41, 5.74) is 1.17. The van der Waals surface area contributed by atoms with Gasteiger partial charge in [-0.1, -0.05) is 67.3 Å². The molecule has 4 nitrogen and oxygen atoms in total. The van der Waals surface area contributed by atoms with Gasteiger partial charge in [-0.2, -0.15) is 0 Å². The summed E-state index contributed by atoms with van der Waals surface area (Å²) in [5, 5.41) is 11.4. The third-order valence-corrected chi connectivity index (χ3v) is 4.63. The third-order valence-electron chi connectivity index (χ3n) is 2.78. The van der Waals surface area contributed by atoms with Crippen molar-refractivity contribution in [2.24, 2.45) is 0 Å². The van der Waals surface area contributed by atoms with Gasteiger partial charge in [0.15, 0.2) is 4.34 Å². The Balaban J connectivity index is 1.88. The molecule has 0 aliphatic heterocycles. The summed E-state index contributed by atoms with van der Waals surface area (Å²) in [5.74, 6) is 1.12. The predicted molar refractivity (Wildman–Crippen MR) is 84.4 cm³/mol. The molecule has 1 heterocycles. The highest BCUT2D eigenvalue weighted by Crippen LogP contribution is 2.26. The van der Waals surface area contributed by atoms with Crippen LogP contribution in [0.2, 0.25) is 0 Å². The van der Waals surface area contributed by atoms with Gasteiger partial charge in [0, 0.05) is 6.42 Å². The Morgan fingerprint density at radius 2 is 2.10 bits per heavy atom. The number of hydrogen-bond acceptors (Lipinski definition) is 5. The summed E-state index contributed by atoms with van der Waals surface area (Å²) in [6.45, 7) is 4.11. The van der Waals surface area contributed by atoms with E-state index in [0.29, 0.717) is 11.6 Å². The summed E-state index contributed by atoms with van der Waals surface area (Å²) in [7, 11) is 0. The van der Waals surface area contributed by atoms with E-state index in [-0.39, 0.29) is 11.8 Å². The molecule has 1 N–H and O–H groups in total. The lowest BCUT2D eigenvalue weighted by Gasteiger charge is -2.10. The van der Waals surface area contributed by atoms with E-state index in [2.05, 4.69) is 22.4 Å². The number of nitrogens with zero attached hydrogens (tertiary/aromatic N) is 2. The molecule has 20 heavy (non-hydrogen) atoms. The van der Waals surface area contributed by atoms with Gasteiger partial charge in [0.25, 0.3) is 0 Å². The van der Waals surface area contributed by atoms with E-state index >= 15 is 0 Å². The predicted octanol–water partition coefficient (Wildman–Crippen LogP) is 3.78. The van der Waals surface area contributed by atoms with E-state index in [1.54, 1.807) is 11.8 Å². The van der Waals surface area contributed by atoms with Gasteiger partial charge < -0.3 is 5.32 Å². The molecule has 1 aromatic carbocycles. The fourth-order valence-corrected chi connectivity index (χ4v) is 3.46. The zero-order valence-corrected chi connectivity index (χ0v) is 13.1. The van der Waals surface area contributed by atoms with E-state index in [1.165, 1.54) is 16.9 Å². The van der Waals surface area contributed by atoms with Gasteiger partial charge in [-0.15, -0.1) is 10.2 Å². The van der Waals surface area contributed by atoms with Crippen molar-refractivity contribution < 1.29 is 4.79 Å². The largest absolute Gasteiger partial charge is 0.300 e. The van der Waals surface area contributed by atoms with Crippen LogP contribution in [0.5, 0.6) is 0 Å². The van der Waals surface area contributed by atoms with Gasteiger partial charge in [0.1, 0.15) is 0 Å². The average molecular weight is 307 g/mol. The fraction of sp³-hybridized carbons (Fsp3) is 0.357. The van der Waals surface area contributed by atoms with Crippen molar-refractivity contribution in [2.75, 3.05) is 11.1 Å². The Morgan fingerprint density at radius 1 is 1.35 bits per heavy atom. The number of rotatable bonds is 6. The second kappa shape index (κ2) is 7.40. The van der Waals surface area contributed by atoms with E-state index in [0.717, 1.165) is 10.1 Å². The molecular weight excluding hydrogens is 290 g/mol. The molecule has 0 unspecified atom stereocenters. The van der Waals surface area contributed by atoms with Gasteiger partial charge in [-0.05, 0) is 17.2 Å². The van der Waals surface area contributed by atoms with E-state index in [9.17, 15) is 4.79 Å². The maximum atomic E-state index is 12.0. The lowest BCUT2D eigenvalue weighted by atomic mass is 9.98. The molecule has 0 aliphatic carbocycles. The van der Waals surface area contributed by atoms with Crippen molar-refractivity contribution in [2.45, 2.75) is 30.5 Å². The van der Waals surface area contributed by atoms with Crippen LogP contribution in [0.15, 0.2) is 34.7 Å². The van der Waals surface area contributed by atoms with Crippen molar-refractivity contribution in [1.29, 1.82) is 0 Å². The molecule has 0 fully saturated rings. The molecule has 0 saturated carbocycles. The number of nitrogens with one attached hydrogen (secondary N) is 1. The van der Waals surface area contributed by atoms with Gasteiger partial charge in [-0.25, -0.2) is 0 Å². The Morgan fingerprint density at radius 3 is 2.80 bits per heavy atom. The average Bonchev–Trinajstić information content (AvgIpc) is 2.87. The van der Waals surface area contributed by atoms with Gasteiger partial charge in [-0.3, -0.25) is 4.79 Å². The number of aromatic nitrogens is 2. The second-order valence-electron chi connectivity index (χ2n) is 4.37. The lowest BCUT2D eigenvalue weighted by Crippen LogP contribution is -2.14. The number of anilines is 1. The van der Waals surface area contributed by atoms with E-state index < -0.39 is 0 Å². The first-order chi connectivity index (χ1) is 9.69. The normalized spacial score (nSPS) is 12.1. The first-order valence-corrected chi connectivity index (χ1v) is 8.30. The Hall–Kier alpha value is -1.40. The Kier molecular flexibility index (Phi) is 5.55. The molecule has 0 radical (unpaired) electrons. The summed E-state index contributed by atoms with van der Waals surface area (Å²) < 4.78 is 0.888. The highest BCUT2D eigenvalue weighted by Gasteiger charge is 2.13. The molecule has 6 heteroatoms. The standard InChI is InChI=1S/C14H17N3OS2/c1-3-19-14-17-16-13(20-14)15-12(18)9-10(2)11-7-5-4-6-8-11/h4-8,10H,3,9H2,1-2H3,(H,15,16,18)/t10-/m0/s1.